The van der Waals surface area contributed by atoms with Crippen molar-refractivity contribution in [1.82, 2.24) is 0 Å². The lowest BCUT2D eigenvalue weighted by atomic mass is 9.84. The largest absolute Gasteiger partial charge is 0.497 e. The molecule has 2 aromatic rings. The molecule has 0 radical (unpaired) electrons. The maximum Gasteiger partial charge on any atom is 0.228 e. The van der Waals surface area contributed by atoms with E-state index in [9.17, 15) is 9.59 Å². The Labute approximate surface area is 163 Å². The predicted octanol–water partition coefficient (Wildman–Crippen LogP) is 3.62. The normalized spacial score (nSPS) is 13.3. The second kappa shape index (κ2) is 8.17. The van der Waals surface area contributed by atoms with Crippen molar-refractivity contribution in [1.29, 1.82) is 0 Å². The van der Waals surface area contributed by atoms with Crippen LogP contribution in [0, 0.1) is 0 Å². The van der Waals surface area contributed by atoms with Gasteiger partial charge in [0.05, 0.1) is 34.0 Å². The highest BCUT2D eigenvalue weighted by molar-refractivity contribution is 6.27. The number of carbonyl (C=O) groups excluding carboxylic acids is 2. The average molecular weight is 382 g/mol. The van der Waals surface area contributed by atoms with Gasteiger partial charge in [-0.15, -0.1) is 0 Å². The highest BCUT2D eigenvalue weighted by atomic mass is 16.5. The summed E-state index contributed by atoms with van der Waals surface area (Å²) in [5.41, 5.74) is 1.85. The number of fused-ring (bicyclic) bond motifs is 1. The highest BCUT2D eigenvalue weighted by Gasteiger charge is 2.36. The molecule has 0 saturated heterocycles. The number of hydrogen-bond acceptors (Lipinski definition) is 6. The van der Waals surface area contributed by atoms with Crippen molar-refractivity contribution in [3.05, 3.63) is 64.4 Å². The van der Waals surface area contributed by atoms with Crippen LogP contribution in [0.2, 0.25) is 0 Å². The SMILES string of the molecule is COC1=C(CCc2ccc(OC)cc2)C(=O)c2c(OC)cc(OC)cc2C1=O. The summed E-state index contributed by atoms with van der Waals surface area (Å²) in [4.78, 5) is 26.2. The summed E-state index contributed by atoms with van der Waals surface area (Å²) < 4.78 is 21.0. The van der Waals surface area contributed by atoms with Crippen LogP contribution in [0.5, 0.6) is 17.2 Å². The zero-order valence-corrected chi connectivity index (χ0v) is 16.3. The average Bonchev–Trinajstić information content (AvgIpc) is 2.74. The Morgan fingerprint density at radius 3 is 1.96 bits per heavy atom. The minimum absolute atomic E-state index is 0.0707. The molecule has 28 heavy (non-hydrogen) atoms. The molecule has 6 nitrogen and oxygen atoms in total. The molecular weight excluding hydrogens is 360 g/mol. The third kappa shape index (κ3) is 3.45. The van der Waals surface area contributed by atoms with E-state index in [0.29, 0.717) is 29.9 Å². The predicted molar refractivity (Wildman–Crippen MR) is 104 cm³/mol. The fourth-order valence-electron chi connectivity index (χ4n) is 3.30. The van der Waals surface area contributed by atoms with E-state index in [1.165, 1.54) is 27.4 Å². The number of ether oxygens (including phenoxy) is 4. The molecular formula is C22H22O6. The molecule has 0 aromatic heterocycles. The van der Waals surface area contributed by atoms with Crippen LogP contribution in [0.15, 0.2) is 47.7 Å². The molecule has 3 rings (SSSR count). The lowest BCUT2D eigenvalue weighted by molar-refractivity contribution is 0.0900. The van der Waals surface area contributed by atoms with Crippen LogP contribution in [0.25, 0.3) is 0 Å². The number of benzene rings is 2. The van der Waals surface area contributed by atoms with E-state index < -0.39 is 0 Å². The number of allylic oxidation sites excluding steroid dienone is 2. The summed E-state index contributed by atoms with van der Waals surface area (Å²) in [6.07, 6.45) is 0.952. The molecule has 0 amide bonds. The van der Waals surface area contributed by atoms with E-state index in [1.807, 2.05) is 24.3 Å². The van der Waals surface area contributed by atoms with Gasteiger partial charge in [-0.25, -0.2) is 0 Å². The van der Waals surface area contributed by atoms with Gasteiger partial charge in [0, 0.05) is 17.2 Å². The minimum Gasteiger partial charge on any atom is -0.497 e. The zero-order valence-electron chi connectivity index (χ0n) is 16.3. The summed E-state index contributed by atoms with van der Waals surface area (Å²) in [5, 5.41) is 0. The van der Waals surface area contributed by atoms with E-state index in [2.05, 4.69) is 0 Å². The molecule has 2 aromatic carbocycles. The Morgan fingerprint density at radius 1 is 0.714 bits per heavy atom. The van der Waals surface area contributed by atoms with Gasteiger partial charge in [0.25, 0.3) is 0 Å². The van der Waals surface area contributed by atoms with Crippen LogP contribution in [0.1, 0.15) is 32.7 Å². The fourth-order valence-corrected chi connectivity index (χ4v) is 3.30. The standard InChI is InChI=1S/C22H22O6/c1-25-14-8-5-13(6-9-14)7-10-16-20(23)19-17(21(24)22(16)28-4)11-15(26-2)12-18(19)27-3/h5-6,8-9,11-12H,7,10H2,1-4H3. The highest BCUT2D eigenvalue weighted by Crippen LogP contribution is 2.37. The quantitative estimate of drug-likeness (QED) is 0.728. The molecule has 0 saturated carbocycles. The van der Waals surface area contributed by atoms with Crippen molar-refractivity contribution in [3.63, 3.8) is 0 Å². The molecule has 0 aliphatic heterocycles. The van der Waals surface area contributed by atoms with Crippen LogP contribution in [-0.4, -0.2) is 40.0 Å². The van der Waals surface area contributed by atoms with Gasteiger partial charge in [-0.2, -0.15) is 0 Å². The van der Waals surface area contributed by atoms with E-state index in [1.54, 1.807) is 13.2 Å². The minimum atomic E-state index is -0.348. The first-order valence-corrected chi connectivity index (χ1v) is 8.79. The van der Waals surface area contributed by atoms with Crippen LogP contribution in [-0.2, 0) is 11.2 Å². The summed E-state index contributed by atoms with van der Waals surface area (Å²) in [6, 6.07) is 10.7. The lowest BCUT2D eigenvalue weighted by Crippen LogP contribution is -2.24. The van der Waals surface area contributed by atoms with Crippen molar-refractivity contribution < 1.29 is 28.5 Å². The molecule has 0 bridgehead atoms. The molecule has 6 heteroatoms. The van der Waals surface area contributed by atoms with Crippen molar-refractivity contribution in [3.8, 4) is 17.2 Å². The Hall–Kier alpha value is -3.28. The first-order valence-electron chi connectivity index (χ1n) is 8.79. The van der Waals surface area contributed by atoms with Gasteiger partial charge in [-0.05, 0) is 36.6 Å². The lowest BCUT2D eigenvalue weighted by Gasteiger charge is -2.22. The van der Waals surface area contributed by atoms with E-state index in [0.717, 1.165) is 11.3 Å². The maximum absolute atomic E-state index is 13.2. The molecule has 0 spiro atoms. The zero-order chi connectivity index (χ0) is 20.3. The number of ketones is 2. The molecule has 0 fully saturated rings. The Balaban J connectivity index is 1.97. The Bertz CT molecular complexity index is 940. The van der Waals surface area contributed by atoms with Gasteiger partial charge in [0.1, 0.15) is 17.2 Å². The van der Waals surface area contributed by atoms with Gasteiger partial charge < -0.3 is 18.9 Å². The summed E-state index contributed by atoms with van der Waals surface area (Å²) >= 11 is 0. The second-order valence-electron chi connectivity index (χ2n) is 6.27. The van der Waals surface area contributed by atoms with Crippen molar-refractivity contribution in [2.75, 3.05) is 28.4 Å². The number of Topliss-reactive ketones (excluding diaryl/α,β-unsaturated/α-hetero) is 2. The van der Waals surface area contributed by atoms with Crippen LogP contribution in [0.4, 0.5) is 0 Å². The first-order chi connectivity index (χ1) is 13.5. The smallest absolute Gasteiger partial charge is 0.228 e. The first kappa shape index (κ1) is 19.5. The number of methoxy groups -OCH3 is 4. The molecule has 0 N–H and O–H groups in total. The third-order valence-electron chi connectivity index (χ3n) is 4.78. The molecule has 146 valence electrons. The molecule has 0 atom stereocenters. The topological polar surface area (TPSA) is 71.1 Å². The van der Waals surface area contributed by atoms with E-state index in [-0.39, 0.29) is 28.5 Å². The van der Waals surface area contributed by atoms with Gasteiger partial charge in [-0.1, -0.05) is 12.1 Å². The van der Waals surface area contributed by atoms with Gasteiger partial charge in [-0.3, -0.25) is 9.59 Å². The number of hydrogen-bond donors (Lipinski definition) is 0. The van der Waals surface area contributed by atoms with Crippen LogP contribution >= 0.6 is 0 Å². The monoisotopic (exact) mass is 382 g/mol. The van der Waals surface area contributed by atoms with Gasteiger partial charge >= 0.3 is 0 Å². The van der Waals surface area contributed by atoms with Crippen molar-refractivity contribution in [2.45, 2.75) is 12.8 Å². The van der Waals surface area contributed by atoms with E-state index >= 15 is 0 Å². The van der Waals surface area contributed by atoms with Crippen LogP contribution in [0.3, 0.4) is 0 Å². The summed E-state index contributed by atoms with van der Waals surface area (Å²) in [6.45, 7) is 0. The van der Waals surface area contributed by atoms with Gasteiger partial charge in [0.2, 0.25) is 5.78 Å². The molecule has 0 heterocycles. The molecule has 0 unspecified atom stereocenters. The van der Waals surface area contributed by atoms with Crippen molar-refractivity contribution in [2.24, 2.45) is 0 Å². The van der Waals surface area contributed by atoms with E-state index in [4.69, 9.17) is 18.9 Å². The number of rotatable bonds is 7. The van der Waals surface area contributed by atoms with Gasteiger partial charge in [0.15, 0.2) is 11.5 Å². The number of carbonyl (C=O) groups is 2. The maximum atomic E-state index is 13.2. The summed E-state index contributed by atoms with van der Waals surface area (Å²) in [5.74, 6) is 0.968. The number of aryl methyl sites for hydroxylation is 1. The Morgan fingerprint density at radius 2 is 1.39 bits per heavy atom. The Kier molecular flexibility index (Phi) is 5.68. The summed E-state index contributed by atoms with van der Waals surface area (Å²) in [7, 11) is 5.95. The molecule has 1 aliphatic carbocycles. The van der Waals surface area contributed by atoms with Crippen molar-refractivity contribution >= 4 is 11.6 Å². The van der Waals surface area contributed by atoms with Crippen LogP contribution < -0.4 is 14.2 Å². The third-order valence-corrected chi connectivity index (χ3v) is 4.78. The fraction of sp³-hybridized carbons (Fsp3) is 0.273. The molecule has 1 aliphatic rings. The second-order valence-corrected chi connectivity index (χ2v) is 6.27.